The molecule has 2 heterocycles. The number of fused-ring (bicyclic) bond motifs is 1. The molecule has 0 bridgehead atoms. The lowest BCUT2D eigenvalue weighted by Crippen LogP contribution is -2.48. The van der Waals surface area contributed by atoms with Gasteiger partial charge in [-0.2, -0.15) is 0 Å². The first-order valence-corrected chi connectivity index (χ1v) is 7.95. The molecule has 0 aromatic heterocycles. The summed E-state index contributed by atoms with van der Waals surface area (Å²) in [6.45, 7) is 3.16. The van der Waals surface area contributed by atoms with Crippen LogP contribution >= 0.6 is 0 Å². The first-order chi connectivity index (χ1) is 11.5. The second-order valence-electron chi connectivity index (χ2n) is 6.26. The number of piperidine rings is 1. The molecular formula is C16H19N3O5. The van der Waals surface area contributed by atoms with Gasteiger partial charge >= 0.3 is 0 Å². The summed E-state index contributed by atoms with van der Waals surface area (Å²) < 4.78 is 5.31. The molecular weight excluding hydrogens is 314 g/mol. The molecule has 1 saturated heterocycles. The van der Waals surface area contributed by atoms with Gasteiger partial charge < -0.3 is 9.64 Å². The topological polar surface area (TPSA) is 93.0 Å². The largest absolute Gasteiger partial charge is 0.482 e. The van der Waals surface area contributed by atoms with Crippen molar-refractivity contribution < 1.29 is 19.2 Å². The molecule has 8 nitrogen and oxygen atoms in total. The lowest BCUT2D eigenvalue weighted by molar-refractivity contribution is -0.384. The fourth-order valence-electron chi connectivity index (χ4n) is 3.13. The molecule has 1 fully saturated rings. The molecule has 8 heteroatoms. The summed E-state index contributed by atoms with van der Waals surface area (Å²) in [6.07, 6.45) is 2.04. The molecule has 1 aromatic carbocycles. The van der Waals surface area contributed by atoms with Crippen molar-refractivity contribution in [2.24, 2.45) is 5.92 Å². The number of anilines is 1. The van der Waals surface area contributed by atoms with Gasteiger partial charge in [-0.15, -0.1) is 0 Å². The number of hydrogen-bond donors (Lipinski definition) is 0. The fraction of sp³-hybridized carbons (Fsp3) is 0.500. The van der Waals surface area contributed by atoms with Crippen LogP contribution in [0, 0.1) is 16.0 Å². The van der Waals surface area contributed by atoms with Gasteiger partial charge in [0, 0.05) is 25.2 Å². The Labute approximate surface area is 139 Å². The zero-order valence-electron chi connectivity index (χ0n) is 13.4. The van der Waals surface area contributed by atoms with Gasteiger partial charge in [-0.1, -0.05) is 6.92 Å². The van der Waals surface area contributed by atoms with Crippen molar-refractivity contribution >= 4 is 23.2 Å². The number of benzene rings is 1. The number of hydrogen-bond acceptors (Lipinski definition) is 5. The van der Waals surface area contributed by atoms with E-state index in [1.165, 1.54) is 23.1 Å². The van der Waals surface area contributed by atoms with Crippen LogP contribution in [-0.4, -0.2) is 47.9 Å². The Hall–Kier alpha value is -2.64. The molecule has 0 spiro atoms. The highest BCUT2D eigenvalue weighted by Crippen LogP contribution is 2.35. The van der Waals surface area contributed by atoms with Crippen molar-refractivity contribution in [1.82, 2.24) is 4.90 Å². The Balaban J connectivity index is 1.82. The van der Waals surface area contributed by atoms with Crippen molar-refractivity contribution in [2.75, 3.05) is 31.1 Å². The second kappa shape index (κ2) is 6.46. The van der Waals surface area contributed by atoms with Crippen LogP contribution in [0.15, 0.2) is 18.2 Å². The van der Waals surface area contributed by atoms with Crippen molar-refractivity contribution in [3.05, 3.63) is 28.3 Å². The quantitative estimate of drug-likeness (QED) is 0.618. The maximum absolute atomic E-state index is 12.5. The van der Waals surface area contributed by atoms with E-state index in [1.54, 1.807) is 4.90 Å². The number of likely N-dealkylation sites (tertiary alicyclic amines) is 1. The van der Waals surface area contributed by atoms with E-state index >= 15 is 0 Å². The number of ether oxygens (including phenoxy) is 1. The number of carbonyl (C=O) groups is 2. The minimum Gasteiger partial charge on any atom is -0.482 e. The number of amides is 2. The third-order valence-corrected chi connectivity index (χ3v) is 4.40. The number of rotatable bonds is 3. The van der Waals surface area contributed by atoms with Crippen LogP contribution in [0.4, 0.5) is 11.4 Å². The van der Waals surface area contributed by atoms with E-state index in [-0.39, 0.29) is 36.3 Å². The summed E-state index contributed by atoms with van der Waals surface area (Å²) in [4.78, 5) is 38.2. The standard InChI is InChI=1S/C16H19N3O5/c1-11-3-2-6-17(8-11)15(20)9-18-13-7-12(19(22)23)4-5-14(13)24-10-16(18)21/h4-5,7,11H,2-3,6,8-10H2,1H3/t11-/m1/s1. The van der Waals surface area contributed by atoms with Crippen LogP contribution in [0.25, 0.3) is 0 Å². The molecule has 24 heavy (non-hydrogen) atoms. The second-order valence-corrected chi connectivity index (χ2v) is 6.26. The Bertz CT molecular complexity index is 690. The third kappa shape index (κ3) is 3.17. The molecule has 0 aliphatic carbocycles. The Morgan fingerprint density at radius 3 is 2.96 bits per heavy atom. The smallest absolute Gasteiger partial charge is 0.271 e. The number of nitro benzene ring substituents is 1. The van der Waals surface area contributed by atoms with Crippen LogP contribution in [0.1, 0.15) is 19.8 Å². The van der Waals surface area contributed by atoms with Crippen molar-refractivity contribution in [2.45, 2.75) is 19.8 Å². The van der Waals surface area contributed by atoms with Gasteiger partial charge in [-0.3, -0.25) is 24.6 Å². The molecule has 2 amide bonds. The lowest BCUT2D eigenvalue weighted by atomic mass is 10.0. The average molecular weight is 333 g/mol. The van der Waals surface area contributed by atoms with E-state index in [0.29, 0.717) is 24.8 Å². The number of carbonyl (C=O) groups excluding carboxylic acids is 2. The van der Waals surface area contributed by atoms with E-state index in [0.717, 1.165) is 12.8 Å². The molecule has 0 saturated carbocycles. The summed E-state index contributed by atoms with van der Waals surface area (Å²) in [7, 11) is 0. The lowest BCUT2D eigenvalue weighted by Gasteiger charge is -2.34. The van der Waals surface area contributed by atoms with Gasteiger partial charge in [0.15, 0.2) is 6.61 Å². The Morgan fingerprint density at radius 1 is 1.46 bits per heavy atom. The maximum Gasteiger partial charge on any atom is 0.271 e. The highest BCUT2D eigenvalue weighted by atomic mass is 16.6. The minimum atomic E-state index is -0.536. The Kier molecular flexibility index (Phi) is 4.37. The monoisotopic (exact) mass is 333 g/mol. The molecule has 0 radical (unpaired) electrons. The third-order valence-electron chi connectivity index (χ3n) is 4.40. The molecule has 0 N–H and O–H groups in total. The summed E-state index contributed by atoms with van der Waals surface area (Å²) in [5, 5.41) is 11.0. The predicted octanol–water partition coefficient (Wildman–Crippen LogP) is 1.58. The predicted molar refractivity (Wildman–Crippen MR) is 85.9 cm³/mol. The average Bonchev–Trinajstić information content (AvgIpc) is 2.56. The summed E-state index contributed by atoms with van der Waals surface area (Å²) in [5.74, 6) is 0.298. The van der Waals surface area contributed by atoms with E-state index in [9.17, 15) is 19.7 Å². The zero-order valence-corrected chi connectivity index (χ0v) is 13.4. The van der Waals surface area contributed by atoms with Gasteiger partial charge in [-0.05, 0) is 24.8 Å². The number of nitrogens with zero attached hydrogens (tertiary/aromatic N) is 3. The number of non-ortho nitro benzene ring substituents is 1. The summed E-state index contributed by atoms with van der Waals surface area (Å²) in [6, 6.07) is 4.06. The van der Waals surface area contributed by atoms with Crippen LogP contribution in [0.5, 0.6) is 5.75 Å². The molecule has 128 valence electrons. The van der Waals surface area contributed by atoms with E-state index in [1.807, 2.05) is 0 Å². The molecule has 0 unspecified atom stereocenters. The molecule has 1 aromatic rings. The van der Waals surface area contributed by atoms with Crippen LogP contribution in [0.3, 0.4) is 0 Å². The first-order valence-electron chi connectivity index (χ1n) is 7.95. The zero-order chi connectivity index (χ0) is 17.3. The summed E-state index contributed by atoms with van der Waals surface area (Å²) >= 11 is 0. The molecule has 3 rings (SSSR count). The summed E-state index contributed by atoms with van der Waals surface area (Å²) in [5.41, 5.74) is 0.134. The van der Waals surface area contributed by atoms with Gasteiger partial charge in [-0.25, -0.2) is 0 Å². The van der Waals surface area contributed by atoms with Crippen molar-refractivity contribution in [1.29, 1.82) is 0 Å². The van der Waals surface area contributed by atoms with Gasteiger partial charge in [0.05, 0.1) is 10.6 Å². The highest BCUT2D eigenvalue weighted by Gasteiger charge is 2.31. The minimum absolute atomic E-state index is 0.122. The normalized spacial score (nSPS) is 20.4. The van der Waals surface area contributed by atoms with Gasteiger partial charge in [0.2, 0.25) is 5.91 Å². The SMILES string of the molecule is C[C@@H]1CCCN(C(=O)CN2C(=O)COc3ccc([N+](=O)[O-])cc32)C1. The van der Waals surface area contributed by atoms with Crippen molar-refractivity contribution in [3.63, 3.8) is 0 Å². The van der Waals surface area contributed by atoms with Gasteiger partial charge in [0.25, 0.3) is 11.6 Å². The molecule has 2 aliphatic heterocycles. The fourth-order valence-corrected chi connectivity index (χ4v) is 3.13. The van der Waals surface area contributed by atoms with Crippen LogP contribution in [-0.2, 0) is 9.59 Å². The van der Waals surface area contributed by atoms with E-state index in [4.69, 9.17) is 4.74 Å². The van der Waals surface area contributed by atoms with Crippen LogP contribution < -0.4 is 9.64 Å². The van der Waals surface area contributed by atoms with E-state index in [2.05, 4.69) is 6.92 Å². The maximum atomic E-state index is 12.5. The highest BCUT2D eigenvalue weighted by molar-refractivity contribution is 6.02. The van der Waals surface area contributed by atoms with E-state index < -0.39 is 4.92 Å². The molecule has 2 aliphatic rings. The first kappa shape index (κ1) is 16.2. The Morgan fingerprint density at radius 2 is 2.25 bits per heavy atom. The van der Waals surface area contributed by atoms with Crippen LogP contribution in [0.2, 0.25) is 0 Å². The molecule has 1 atom stereocenters. The number of nitro groups is 1. The van der Waals surface area contributed by atoms with Crippen molar-refractivity contribution in [3.8, 4) is 5.75 Å². The van der Waals surface area contributed by atoms with Gasteiger partial charge in [0.1, 0.15) is 12.3 Å².